The molecule has 1 amide bonds. The Morgan fingerprint density at radius 1 is 1.32 bits per heavy atom. The summed E-state index contributed by atoms with van der Waals surface area (Å²) in [6.45, 7) is 8.27. The lowest BCUT2D eigenvalue weighted by Gasteiger charge is -2.37. The predicted octanol–water partition coefficient (Wildman–Crippen LogP) is 0.295. The van der Waals surface area contributed by atoms with Crippen molar-refractivity contribution in [3.63, 3.8) is 0 Å². The van der Waals surface area contributed by atoms with E-state index in [9.17, 15) is 4.79 Å². The van der Waals surface area contributed by atoms with Gasteiger partial charge in [0.25, 0.3) is 5.91 Å². The Kier molecular flexibility index (Phi) is 5.60. The lowest BCUT2D eigenvalue weighted by atomic mass is 10.1. The Bertz CT molecular complexity index is 284. The van der Waals surface area contributed by atoms with Crippen LogP contribution in [0.1, 0.15) is 26.2 Å². The molecule has 2 heterocycles. The van der Waals surface area contributed by atoms with Crippen molar-refractivity contribution in [2.75, 3.05) is 45.9 Å². The molecule has 2 unspecified atom stereocenters. The number of hydrogen-bond acceptors (Lipinski definition) is 4. The summed E-state index contributed by atoms with van der Waals surface area (Å²) < 4.78 is 5.58. The first-order valence-electron chi connectivity index (χ1n) is 7.53. The number of ether oxygens (including phenoxy) is 1. The highest BCUT2D eigenvalue weighted by molar-refractivity contribution is 5.81. The van der Waals surface area contributed by atoms with E-state index in [4.69, 9.17) is 10.5 Å². The molecule has 0 spiro atoms. The van der Waals surface area contributed by atoms with Crippen LogP contribution in [0.5, 0.6) is 0 Å². The molecule has 19 heavy (non-hydrogen) atoms. The van der Waals surface area contributed by atoms with Gasteiger partial charge in [-0.2, -0.15) is 0 Å². The van der Waals surface area contributed by atoms with E-state index in [0.717, 1.165) is 65.1 Å². The first-order valence-corrected chi connectivity index (χ1v) is 7.53. The molecular weight excluding hydrogens is 242 g/mol. The third-order valence-corrected chi connectivity index (χ3v) is 4.11. The van der Waals surface area contributed by atoms with Gasteiger partial charge in [-0.1, -0.05) is 6.92 Å². The molecule has 2 atom stereocenters. The van der Waals surface area contributed by atoms with Crippen LogP contribution in [-0.2, 0) is 9.53 Å². The molecule has 2 saturated heterocycles. The van der Waals surface area contributed by atoms with Gasteiger partial charge in [-0.25, -0.2) is 0 Å². The van der Waals surface area contributed by atoms with Crippen LogP contribution in [0.3, 0.4) is 0 Å². The second-order valence-corrected chi connectivity index (χ2v) is 5.82. The van der Waals surface area contributed by atoms with Gasteiger partial charge >= 0.3 is 0 Å². The zero-order valence-electron chi connectivity index (χ0n) is 12.0. The van der Waals surface area contributed by atoms with Crippen LogP contribution in [0.15, 0.2) is 0 Å². The second kappa shape index (κ2) is 7.22. The van der Waals surface area contributed by atoms with E-state index in [2.05, 4.69) is 11.8 Å². The molecule has 0 aromatic rings. The molecule has 2 N–H and O–H groups in total. The van der Waals surface area contributed by atoms with Crippen molar-refractivity contribution in [1.82, 2.24) is 9.80 Å². The fourth-order valence-electron chi connectivity index (χ4n) is 2.81. The summed E-state index contributed by atoms with van der Waals surface area (Å²) in [5.41, 5.74) is 5.65. The third kappa shape index (κ3) is 4.16. The summed E-state index contributed by atoms with van der Waals surface area (Å²) in [5.74, 6) is 0.732. The molecule has 5 heteroatoms. The third-order valence-electron chi connectivity index (χ3n) is 4.11. The topological polar surface area (TPSA) is 58.8 Å². The van der Waals surface area contributed by atoms with Gasteiger partial charge in [0.15, 0.2) is 0 Å². The molecule has 2 aliphatic heterocycles. The lowest BCUT2D eigenvalue weighted by molar-refractivity contribution is -0.148. The van der Waals surface area contributed by atoms with Crippen LogP contribution in [0, 0.1) is 5.92 Å². The van der Waals surface area contributed by atoms with Crippen LogP contribution in [-0.4, -0.2) is 67.7 Å². The van der Waals surface area contributed by atoms with E-state index < -0.39 is 0 Å². The maximum atomic E-state index is 12.3. The standard InChI is InChI=1S/C14H27N3O2/c1-12(10-15)11-16-5-7-17(8-6-16)14(18)13-4-2-3-9-19-13/h12-13H,2-11,15H2,1H3. The summed E-state index contributed by atoms with van der Waals surface area (Å²) in [6, 6.07) is 0. The van der Waals surface area contributed by atoms with Crippen LogP contribution < -0.4 is 5.73 Å². The molecule has 0 aromatic carbocycles. The summed E-state index contributed by atoms with van der Waals surface area (Å²) in [6.07, 6.45) is 2.92. The minimum absolute atomic E-state index is 0.178. The Balaban J connectivity index is 1.74. The highest BCUT2D eigenvalue weighted by Crippen LogP contribution is 2.16. The molecule has 0 aromatic heterocycles. The molecular formula is C14H27N3O2. The number of nitrogens with zero attached hydrogens (tertiary/aromatic N) is 2. The Morgan fingerprint density at radius 2 is 2.05 bits per heavy atom. The van der Waals surface area contributed by atoms with Gasteiger partial charge in [0.05, 0.1) is 0 Å². The van der Waals surface area contributed by atoms with Gasteiger partial charge in [0.2, 0.25) is 0 Å². The predicted molar refractivity (Wildman–Crippen MR) is 74.8 cm³/mol. The van der Waals surface area contributed by atoms with Gasteiger partial charge in [-0.05, 0) is 31.7 Å². The van der Waals surface area contributed by atoms with Crippen molar-refractivity contribution < 1.29 is 9.53 Å². The SMILES string of the molecule is CC(CN)CN1CCN(C(=O)C2CCCCO2)CC1. The number of nitrogens with two attached hydrogens (primary N) is 1. The number of hydrogen-bond donors (Lipinski definition) is 1. The molecule has 2 rings (SSSR count). The second-order valence-electron chi connectivity index (χ2n) is 5.82. The number of rotatable bonds is 4. The quantitative estimate of drug-likeness (QED) is 0.797. The van der Waals surface area contributed by atoms with Crippen molar-refractivity contribution in [2.45, 2.75) is 32.3 Å². The van der Waals surface area contributed by atoms with Gasteiger partial charge in [-0.15, -0.1) is 0 Å². The summed E-state index contributed by atoms with van der Waals surface area (Å²) in [5, 5.41) is 0. The van der Waals surface area contributed by atoms with Crippen LogP contribution in [0.25, 0.3) is 0 Å². The van der Waals surface area contributed by atoms with E-state index >= 15 is 0 Å². The fourth-order valence-corrected chi connectivity index (χ4v) is 2.81. The molecule has 0 radical (unpaired) electrons. The minimum atomic E-state index is -0.178. The largest absolute Gasteiger partial charge is 0.368 e. The van der Waals surface area contributed by atoms with Gasteiger partial charge < -0.3 is 15.4 Å². The van der Waals surface area contributed by atoms with Crippen molar-refractivity contribution in [3.05, 3.63) is 0 Å². The van der Waals surface area contributed by atoms with Crippen molar-refractivity contribution in [1.29, 1.82) is 0 Å². The van der Waals surface area contributed by atoms with Crippen molar-refractivity contribution in [2.24, 2.45) is 11.7 Å². The first-order chi connectivity index (χ1) is 9.20. The normalized spacial score (nSPS) is 27.3. The van der Waals surface area contributed by atoms with E-state index in [-0.39, 0.29) is 12.0 Å². The van der Waals surface area contributed by atoms with Crippen LogP contribution >= 0.6 is 0 Å². The molecule has 2 fully saturated rings. The van der Waals surface area contributed by atoms with E-state index in [1.54, 1.807) is 0 Å². The zero-order chi connectivity index (χ0) is 13.7. The van der Waals surface area contributed by atoms with E-state index in [1.807, 2.05) is 4.90 Å². The molecule has 2 aliphatic rings. The van der Waals surface area contributed by atoms with Gasteiger partial charge in [0, 0.05) is 39.3 Å². The summed E-state index contributed by atoms with van der Waals surface area (Å²) in [4.78, 5) is 16.7. The lowest BCUT2D eigenvalue weighted by Crippen LogP contribution is -2.53. The molecule has 5 nitrogen and oxygen atoms in total. The highest BCUT2D eigenvalue weighted by atomic mass is 16.5. The zero-order valence-corrected chi connectivity index (χ0v) is 12.0. The van der Waals surface area contributed by atoms with Crippen LogP contribution in [0.2, 0.25) is 0 Å². The molecule has 110 valence electrons. The minimum Gasteiger partial charge on any atom is -0.368 e. The number of carbonyl (C=O) groups is 1. The van der Waals surface area contributed by atoms with Crippen molar-refractivity contribution in [3.8, 4) is 0 Å². The molecule has 0 bridgehead atoms. The number of carbonyl (C=O) groups excluding carboxylic acids is 1. The Labute approximate surface area is 116 Å². The number of piperazine rings is 1. The van der Waals surface area contributed by atoms with Crippen molar-refractivity contribution >= 4 is 5.91 Å². The van der Waals surface area contributed by atoms with Gasteiger partial charge in [-0.3, -0.25) is 9.69 Å². The fraction of sp³-hybridized carbons (Fsp3) is 0.929. The number of amides is 1. The Morgan fingerprint density at radius 3 is 2.63 bits per heavy atom. The first kappa shape index (κ1) is 14.8. The van der Waals surface area contributed by atoms with Gasteiger partial charge in [0.1, 0.15) is 6.10 Å². The average molecular weight is 269 g/mol. The maximum Gasteiger partial charge on any atom is 0.251 e. The summed E-state index contributed by atoms with van der Waals surface area (Å²) >= 11 is 0. The van der Waals surface area contributed by atoms with Crippen LogP contribution in [0.4, 0.5) is 0 Å². The maximum absolute atomic E-state index is 12.3. The van der Waals surface area contributed by atoms with E-state index in [0.29, 0.717) is 5.92 Å². The summed E-state index contributed by atoms with van der Waals surface area (Å²) in [7, 11) is 0. The highest BCUT2D eigenvalue weighted by Gasteiger charge is 2.29. The smallest absolute Gasteiger partial charge is 0.251 e. The average Bonchev–Trinajstić information content (AvgIpc) is 2.48. The monoisotopic (exact) mass is 269 g/mol. The molecule has 0 saturated carbocycles. The Hall–Kier alpha value is -0.650. The molecule has 0 aliphatic carbocycles. The van der Waals surface area contributed by atoms with E-state index in [1.165, 1.54) is 0 Å².